The van der Waals surface area contributed by atoms with Crippen molar-refractivity contribution in [3.05, 3.63) is 82.7 Å². The highest BCUT2D eigenvalue weighted by molar-refractivity contribution is 5.92. The van der Waals surface area contributed by atoms with Crippen molar-refractivity contribution in [2.45, 2.75) is 6.54 Å². The average molecular weight is 334 g/mol. The van der Waals surface area contributed by atoms with Gasteiger partial charge in [0.2, 0.25) is 5.56 Å². The summed E-state index contributed by atoms with van der Waals surface area (Å²) >= 11 is 0. The molecule has 3 heterocycles. The average Bonchev–Trinajstić information content (AvgIpc) is 3.00. The fraction of sp³-hybridized carbons (Fsp3) is 0.0526. The molecule has 124 valence electrons. The van der Waals surface area contributed by atoms with E-state index in [1.165, 1.54) is 18.2 Å². The van der Waals surface area contributed by atoms with Gasteiger partial charge in [-0.3, -0.25) is 4.79 Å². The number of hydrogen-bond acceptors (Lipinski definition) is 3. The van der Waals surface area contributed by atoms with Crippen molar-refractivity contribution in [2.24, 2.45) is 5.73 Å². The van der Waals surface area contributed by atoms with E-state index in [0.29, 0.717) is 12.2 Å². The number of benzene rings is 1. The molecule has 3 N–H and O–H groups in total. The number of H-pyrrole nitrogens is 1. The number of aromatic nitrogens is 3. The minimum atomic E-state index is -0.310. The lowest BCUT2D eigenvalue weighted by molar-refractivity contribution is 0.628. The minimum absolute atomic E-state index is 0.194. The van der Waals surface area contributed by atoms with E-state index in [1.807, 2.05) is 24.4 Å². The monoisotopic (exact) mass is 334 g/mol. The molecule has 4 aromatic rings. The molecule has 25 heavy (non-hydrogen) atoms. The van der Waals surface area contributed by atoms with Gasteiger partial charge in [0.25, 0.3) is 0 Å². The summed E-state index contributed by atoms with van der Waals surface area (Å²) in [5.41, 5.74) is 10.3. The van der Waals surface area contributed by atoms with Gasteiger partial charge in [0.15, 0.2) is 0 Å². The first-order chi connectivity index (χ1) is 12.2. The molecule has 0 amide bonds. The smallest absolute Gasteiger partial charge is 0.248 e. The Hall–Kier alpha value is -3.25. The van der Waals surface area contributed by atoms with Gasteiger partial charge in [-0.15, -0.1) is 0 Å². The second-order valence-electron chi connectivity index (χ2n) is 5.74. The predicted molar refractivity (Wildman–Crippen MR) is 94.5 cm³/mol. The normalized spacial score (nSPS) is 11.1. The summed E-state index contributed by atoms with van der Waals surface area (Å²) in [6, 6.07) is 13.4. The lowest BCUT2D eigenvalue weighted by Crippen LogP contribution is -2.02. The highest BCUT2D eigenvalue weighted by Gasteiger charge is 2.17. The second-order valence-corrected chi connectivity index (χ2v) is 5.74. The third-order valence-electron chi connectivity index (χ3n) is 4.11. The Bertz CT molecular complexity index is 1110. The number of nitrogens with zero attached hydrogens (tertiary/aromatic N) is 2. The van der Waals surface area contributed by atoms with Crippen LogP contribution in [0.5, 0.6) is 0 Å². The van der Waals surface area contributed by atoms with Crippen molar-refractivity contribution in [3.8, 4) is 22.4 Å². The van der Waals surface area contributed by atoms with Crippen molar-refractivity contribution in [1.82, 2.24) is 14.6 Å². The maximum absolute atomic E-state index is 13.3. The molecular weight excluding hydrogens is 319 g/mol. The standard InChI is InChI=1S/C19H15FN4O/c20-15-4-2-13(3-5-15)19-18(14-7-8-22-17(25)9-14)16-6-1-12(10-21)11-24(16)23-19/h1-9,11H,10,21H2,(H,22,25). The molecule has 1 aromatic carbocycles. The number of fused-ring (bicyclic) bond motifs is 1. The predicted octanol–water partition coefficient (Wildman–Crippen LogP) is 2.95. The fourth-order valence-electron chi connectivity index (χ4n) is 2.91. The molecule has 4 rings (SSSR count). The zero-order chi connectivity index (χ0) is 17.4. The summed E-state index contributed by atoms with van der Waals surface area (Å²) in [7, 11) is 0. The first-order valence-corrected chi connectivity index (χ1v) is 7.82. The van der Waals surface area contributed by atoms with Crippen LogP contribution in [0, 0.1) is 5.82 Å². The van der Waals surface area contributed by atoms with Gasteiger partial charge < -0.3 is 10.7 Å². The van der Waals surface area contributed by atoms with Crippen molar-refractivity contribution >= 4 is 5.52 Å². The van der Waals surface area contributed by atoms with Crippen LogP contribution in [0.1, 0.15) is 5.56 Å². The fourth-order valence-corrected chi connectivity index (χ4v) is 2.91. The van der Waals surface area contributed by atoms with Gasteiger partial charge in [0.1, 0.15) is 11.5 Å². The van der Waals surface area contributed by atoms with Crippen molar-refractivity contribution in [3.63, 3.8) is 0 Å². The zero-order valence-corrected chi connectivity index (χ0v) is 13.2. The third-order valence-corrected chi connectivity index (χ3v) is 4.11. The summed E-state index contributed by atoms with van der Waals surface area (Å²) < 4.78 is 15.0. The minimum Gasteiger partial charge on any atom is -0.329 e. The molecule has 5 nitrogen and oxygen atoms in total. The topological polar surface area (TPSA) is 76.2 Å². The molecule has 0 bridgehead atoms. The lowest BCUT2D eigenvalue weighted by atomic mass is 10.0. The Kier molecular flexibility index (Phi) is 3.66. The van der Waals surface area contributed by atoms with Gasteiger partial charge >= 0.3 is 0 Å². The van der Waals surface area contributed by atoms with E-state index in [-0.39, 0.29) is 11.4 Å². The van der Waals surface area contributed by atoms with Crippen LogP contribution in [0.25, 0.3) is 27.9 Å². The van der Waals surface area contributed by atoms with Crippen LogP contribution in [0.2, 0.25) is 0 Å². The van der Waals surface area contributed by atoms with Gasteiger partial charge in [-0.2, -0.15) is 5.10 Å². The molecule has 6 heteroatoms. The van der Waals surface area contributed by atoms with Gasteiger partial charge in [-0.1, -0.05) is 6.07 Å². The first kappa shape index (κ1) is 15.3. The maximum Gasteiger partial charge on any atom is 0.248 e. The van der Waals surface area contributed by atoms with E-state index in [0.717, 1.165) is 27.8 Å². The van der Waals surface area contributed by atoms with E-state index in [2.05, 4.69) is 10.1 Å². The molecule has 0 fully saturated rings. The van der Waals surface area contributed by atoms with Gasteiger partial charge in [-0.25, -0.2) is 8.91 Å². The van der Waals surface area contributed by atoms with Crippen molar-refractivity contribution in [1.29, 1.82) is 0 Å². The molecule has 0 aliphatic heterocycles. The van der Waals surface area contributed by atoms with Gasteiger partial charge in [-0.05, 0) is 47.5 Å². The Morgan fingerprint density at radius 3 is 2.60 bits per heavy atom. The molecule has 0 saturated heterocycles. The molecule has 0 saturated carbocycles. The van der Waals surface area contributed by atoms with Crippen LogP contribution in [0.4, 0.5) is 4.39 Å². The summed E-state index contributed by atoms with van der Waals surface area (Å²) in [5.74, 6) is -0.310. The quantitative estimate of drug-likeness (QED) is 0.605. The van der Waals surface area contributed by atoms with Crippen LogP contribution in [-0.2, 0) is 6.54 Å². The molecular formula is C19H15FN4O. The highest BCUT2D eigenvalue weighted by atomic mass is 19.1. The SMILES string of the molecule is NCc1ccc2c(-c3cc[nH]c(=O)c3)c(-c3ccc(F)cc3)nn2c1. The Morgan fingerprint density at radius 1 is 1.08 bits per heavy atom. The summed E-state index contributed by atoms with van der Waals surface area (Å²) in [6.45, 7) is 0.405. The number of nitrogens with two attached hydrogens (primary N) is 1. The zero-order valence-electron chi connectivity index (χ0n) is 13.2. The summed E-state index contributed by atoms with van der Waals surface area (Å²) in [5, 5.41) is 4.65. The number of halogens is 1. The number of nitrogens with one attached hydrogen (secondary N) is 1. The highest BCUT2D eigenvalue weighted by Crippen LogP contribution is 2.34. The van der Waals surface area contributed by atoms with Gasteiger partial charge in [0, 0.05) is 36.1 Å². The lowest BCUT2D eigenvalue weighted by Gasteiger charge is -2.04. The second kappa shape index (κ2) is 5.99. The third kappa shape index (κ3) is 2.72. The van der Waals surface area contributed by atoms with Gasteiger partial charge in [0.05, 0.1) is 5.52 Å². The van der Waals surface area contributed by atoms with E-state index in [4.69, 9.17) is 5.73 Å². The first-order valence-electron chi connectivity index (χ1n) is 7.82. The number of hydrogen-bond donors (Lipinski definition) is 2. The molecule has 0 unspecified atom stereocenters. The molecule has 3 aromatic heterocycles. The van der Waals surface area contributed by atoms with Crippen LogP contribution in [0.3, 0.4) is 0 Å². The number of rotatable bonds is 3. The Labute approximate surface area is 142 Å². The molecule has 0 aliphatic rings. The summed E-state index contributed by atoms with van der Waals surface area (Å²) in [4.78, 5) is 14.4. The summed E-state index contributed by atoms with van der Waals surface area (Å²) in [6.07, 6.45) is 3.46. The van der Waals surface area contributed by atoms with E-state index in [1.54, 1.807) is 22.8 Å². The molecule has 0 aliphatic carbocycles. The van der Waals surface area contributed by atoms with Crippen LogP contribution in [-0.4, -0.2) is 14.6 Å². The largest absolute Gasteiger partial charge is 0.329 e. The Balaban J connectivity index is 2.04. The number of pyridine rings is 2. The van der Waals surface area contributed by atoms with Crippen LogP contribution in [0.15, 0.2) is 65.7 Å². The Morgan fingerprint density at radius 2 is 1.88 bits per heavy atom. The molecule has 0 radical (unpaired) electrons. The molecule has 0 spiro atoms. The maximum atomic E-state index is 13.3. The number of aromatic amines is 1. The molecule has 0 atom stereocenters. The van der Waals surface area contributed by atoms with Crippen molar-refractivity contribution < 1.29 is 4.39 Å². The van der Waals surface area contributed by atoms with Crippen molar-refractivity contribution in [2.75, 3.05) is 0 Å². The van der Waals surface area contributed by atoms with E-state index >= 15 is 0 Å². The van der Waals surface area contributed by atoms with E-state index < -0.39 is 0 Å². The van der Waals surface area contributed by atoms with Crippen LogP contribution >= 0.6 is 0 Å². The van der Waals surface area contributed by atoms with Crippen LogP contribution < -0.4 is 11.3 Å². The van der Waals surface area contributed by atoms with E-state index in [9.17, 15) is 9.18 Å².